The van der Waals surface area contributed by atoms with Crippen LogP contribution in [0.5, 0.6) is 0 Å². The van der Waals surface area contributed by atoms with E-state index in [0.29, 0.717) is 18.5 Å². The third-order valence-corrected chi connectivity index (χ3v) is 2.57. The van der Waals surface area contributed by atoms with Crippen LogP contribution in [0, 0.1) is 0 Å². The molecule has 1 N–H and O–H groups in total. The van der Waals surface area contributed by atoms with Crippen molar-refractivity contribution in [3.63, 3.8) is 0 Å². The zero-order valence-electron chi connectivity index (χ0n) is 7.24. The van der Waals surface area contributed by atoms with Crippen LogP contribution in [0.2, 0.25) is 0 Å². The Morgan fingerprint density at radius 2 is 2.43 bits per heavy atom. The van der Waals surface area contributed by atoms with E-state index < -0.39 is 0 Å². The zero-order valence-corrected chi connectivity index (χ0v) is 8.81. The molecule has 0 aliphatic rings. The van der Waals surface area contributed by atoms with Crippen molar-refractivity contribution in [3.05, 3.63) is 28.3 Å². The summed E-state index contributed by atoms with van der Waals surface area (Å²) in [5.41, 5.74) is 1.20. The van der Waals surface area contributed by atoms with Crippen molar-refractivity contribution in [3.8, 4) is 0 Å². The first-order valence-electron chi connectivity index (χ1n) is 4.02. The van der Waals surface area contributed by atoms with Gasteiger partial charge in [-0.25, -0.2) is 0 Å². The number of hydrogen-bond acceptors (Lipinski definition) is 5. The Labute approximate surface area is 89.9 Å². The summed E-state index contributed by atoms with van der Waals surface area (Å²) in [4.78, 5) is 0. The Morgan fingerprint density at radius 3 is 3.07 bits per heavy atom. The van der Waals surface area contributed by atoms with E-state index in [9.17, 15) is 0 Å². The van der Waals surface area contributed by atoms with Crippen LogP contribution >= 0.6 is 22.9 Å². The second-order valence-corrected chi connectivity index (χ2v) is 3.67. The topological polar surface area (TPSA) is 51.0 Å². The van der Waals surface area contributed by atoms with Crippen molar-refractivity contribution >= 4 is 29.0 Å². The number of alkyl halides is 1. The van der Waals surface area contributed by atoms with E-state index >= 15 is 0 Å². The molecule has 2 aromatic rings. The molecule has 0 spiro atoms. The van der Waals surface area contributed by atoms with Gasteiger partial charge in [-0.2, -0.15) is 11.3 Å². The fourth-order valence-corrected chi connectivity index (χ4v) is 1.73. The van der Waals surface area contributed by atoms with Crippen LogP contribution < -0.4 is 5.32 Å². The van der Waals surface area contributed by atoms with Gasteiger partial charge >= 0.3 is 6.01 Å². The molecular weight excluding hydrogens is 222 g/mol. The minimum atomic E-state index is 0.243. The Morgan fingerprint density at radius 1 is 1.50 bits per heavy atom. The van der Waals surface area contributed by atoms with Crippen molar-refractivity contribution < 1.29 is 4.42 Å². The highest BCUT2D eigenvalue weighted by Gasteiger charge is 2.03. The Kier molecular flexibility index (Phi) is 3.00. The van der Waals surface area contributed by atoms with Gasteiger partial charge in [-0.3, -0.25) is 0 Å². The van der Waals surface area contributed by atoms with Crippen molar-refractivity contribution in [2.45, 2.75) is 12.4 Å². The fourth-order valence-electron chi connectivity index (χ4n) is 0.950. The number of anilines is 1. The molecule has 0 aliphatic heterocycles. The summed E-state index contributed by atoms with van der Waals surface area (Å²) >= 11 is 7.17. The first-order valence-corrected chi connectivity index (χ1v) is 5.49. The number of nitrogens with zero attached hydrogens (tertiary/aromatic N) is 2. The maximum Gasteiger partial charge on any atom is 0.315 e. The standard InChI is InChI=1S/C8H8ClN3OS/c9-3-7-11-12-8(13-7)10-4-6-1-2-14-5-6/h1-2,5H,3-4H2,(H,10,12). The maximum atomic E-state index is 5.52. The lowest BCUT2D eigenvalue weighted by molar-refractivity contribution is 0.525. The number of thiophene rings is 1. The summed E-state index contributed by atoms with van der Waals surface area (Å²) in [6.07, 6.45) is 0. The predicted octanol–water partition coefficient (Wildman–Crippen LogP) is 2.48. The van der Waals surface area contributed by atoms with Gasteiger partial charge in [0.25, 0.3) is 0 Å². The summed E-state index contributed by atoms with van der Waals surface area (Å²) < 4.78 is 5.17. The molecule has 2 aromatic heterocycles. The molecule has 0 bridgehead atoms. The lowest BCUT2D eigenvalue weighted by Gasteiger charge is -1.96. The fraction of sp³-hybridized carbons (Fsp3) is 0.250. The van der Waals surface area contributed by atoms with E-state index in [1.807, 2.05) is 11.4 Å². The average Bonchev–Trinajstić information content (AvgIpc) is 2.86. The SMILES string of the molecule is ClCc1nnc(NCc2ccsc2)o1. The normalized spacial score (nSPS) is 10.4. The van der Waals surface area contributed by atoms with Gasteiger partial charge in [0.1, 0.15) is 5.88 Å². The Hall–Kier alpha value is -1.07. The number of hydrogen-bond donors (Lipinski definition) is 1. The molecule has 0 saturated carbocycles. The molecule has 0 fully saturated rings. The van der Waals surface area contributed by atoms with Gasteiger partial charge in [0.15, 0.2) is 0 Å². The molecule has 0 saturated heterocycles. The van der Waals surface area contributed by atoms with Crippen molar-refractivity contribution in [2.75, 3.05) is 5.32 Å². The van der Waals surface area contributed by atoms with E-state index in [2.05, 4.69) is 20.9 Å². The molecule has 0 atom stereocenters. The Balaban J connectivity index is 1.92. The van der Waals surface area contributed by atoms with Crippen LogP contribution in [0.3, 0.4) is 0 Å². The average molecular weight is 230 g/mol. The van der Waals surface area contributed by atoms with Crippen LogP contribution in [-0.4, -0.2) is 10.2 Å². The lowest BCUT2D eigenvalue weighted by Crippen LogP contribution is -1.97. The van der Waals surface area contributed by atoms with Crippen LogP contribution in [0.25, 0.3) is 0 Å². The molecule has 0 radical (unpaired) electrons. The summed E-state index contributed by atoms with van der Waals surface area (Å²) in [5, 5.41) is 14.6. The van der Waals surface area contributed by atoms with E-state index in [4.69, 9.17) is 16.0 Å². The third kappa shape index (κ3) is 2.24. The van der Waals surface area contributed by atoms with Crippen molar-refractivity contribution in [1.82, 2.24) is 10.2 Å². The highest BCUT2D eigenvalue weighted by atomic mass is 35.5. The molecule has 2 rings (SSSR count). The molecule has 74 valence electrons. The maximum absolute atomic E-state index is 5.52. The third-order valence-electron chi connectivity index (χ3n) is 1.61. The molecule has 6 heteroatoms. The molecule has 0 unspecified atom stereocenters. The monoisotopic (exact) mass is 229 g/mol. The highest BCUT2D eigenvalue weighted by molar-refractivity contribution is 7.07. The van der Waals surface area contributed by atoms with Gasteiger partial charge in [-0.1, -0.05) is 5.10 Å². The second-order valence-electron chi connectivity index (χ2n) is 2.62. The minimum Gasteiger partial charge on any atom is -0.407 e. The van der Waals surface area contributed by atoms with E-state index in [0.717, 1.165) is 0 Å². The number of nitrogens with one attached hydrogen (secondary N) is 1. The van der Waals surface area contributed by atoms with Gasteiger partial charge < -0.3 is 9.73 Å². The first kappa shape index (κ1) is 9.48. The molecule has 14 heavy (non-hydrogen) atoms. The van der Waals surface area contributed by atoms with Crippen molar-refractivity contribution in [2.24, 2.45) is 0 Å². The van der Waals surface area contributed by atoms with E-state index in [-0.39, 0.29) is 5.88 Å². The van der Waals surface area contributed by atoms with Gasteiger partial charge in [-0.15, -0.1) is 16.7 Å². The van der Waals surface area contributed by atoms with Crippen LogP contribution in [0.4, 0.5) is 6.01 Å². The number of rotatable bonds is 4. The summed E-state index contributed by atoms with van der Waals surface area (Å²) in [6, 6.07) is 2.45. The molecule has 0 aliphatic carbocycles. The first-order chi connectivity index (χ1) is 6.88. The van der Waals surface area contributed by atoms with Gasteiger partial charge in [0, 0.05) is 6.54 Å². The number of aromatic nitrogens is 2. The van der Waals surface area contributed by atoms with Crippen LogP contribution in [0.1, 0.15) is 11.5 Å². The lowest BCUT2D eigenvalue weighted by atomic mass is 10.3. The molecule has 0 amide bonds. The second kappa shape index (κ2) is 4.43. The zero-order chi connectivity index (χ0) is 9.80. The smallest absolute Gasteiger partial charge is 0.315 e. The summed E-state index contributed by atoms with van der Waals surface area (Å²) in [6.45, 7) is 0.688. The van der Waals surface area contributed by atoms with E-state index in [1.165, 1.54) is 5.56 Å². The van der Waals surface area contributed by atoms with E-state index in [1.54, 1.807) is 11.3 Å². The quantitative estimate of drug-likeness (QED) is 0.819. The van der Waals surface area contributed by atoms with Gasteiger partial charge in [-0.05, 0) is 22.4 Å². The van der Waals surface area contributed by atoms with Gasteiger partial charge in [0.05, 0.1) is 0 Å². The largest absolute Gasteiger partial charge is 0.407 e. The predicted molar refractivity (Wildman–Crippen MR) is 55.5 cm³/mol. The van der Waals surface area contributed by atoms with Crippen molar-refractivity contribution in [1.29, 1.82) is 0 Å². The molecule has 4 nitrogen and oxygen atoms in total. The summed E-state index contributed by atoms with van der Waals surface area (Å²) in [7, 11) is 0. The van der Waals surface area contributed by atoms with Crippen LogP contribution in [0.15, 0.2) is 21.2 Å². The summed E-state index contributed by atoms with van der Waals surface area (Å²) in [5.74, 6) is 0.673. The van der Waals surface area contributed by atoms with Gasteiger partial charge in [0.2, 0.25) is 5.89 Å². The molecule has 2 heterocycles. The van der Waals surface area contributed by atoms with Crippen LogP contribution in [-0.2, 0) is 12.4 Å². The number of halogens is 1. The molecule has 0 aromatic carbocycles. The Bertz CT molecular complexity index is 387. The highest BCUT2D eigenvalue weighted by Crippen LogP contribution is 2.11. The molecular formula is C8H8ClN3OS. The minimum absolute atomic E-state index is 0.243.